The predicted octanol–water partition coefficient (Wildman–Crippen LogP) is 5.78. The van der Waals surface area contributed by atoms with Crippen molar-refractivity contribution in [3.8, 4) is 11.1 Å². The number of carbonyl (C=O) groups is 1. The number of anilines is 2. The van der Waals surface area contributed by atoms with E-state index in [1.54, 1.807) is 25.2 Å². The van der Waals surface area contributed by atoms with E-state index in [4.69, 9.17) is 11.6 Å². The lowest BCUT2D eigenvalue weighted by Gasteiger charge is -2.15. The molecule has 0 saturated carbocycles. The Morgan fingerprint density at radius 2 is 1.79 bits per heavy atom. The minimum atomic E-state index is -4.65. The highest BCUT2D eigenvalue weighted by molar-refractivity contribution is 6.32. The molecule has 0 fully saturated rings. The van der Waals surface area contributed by atoms with E-state index in [2.05, 4.69) is 37.3 Å². The summed E-state index contributed by atoms with van der Waals surface area (Å²) in [6, 6.07) is 8.82. The Hall–Kier alpha value is -3.79. The molecule has 2 N–H and O–H groups in total. The van der Waals surface area contributed by atoms with Crippen molar-refractivity contribution < 1.29 is 18.0 Å². The minimum Gasteiger partial charge on any atom is -0.322 e. The summed E-state index contributed by atoms with van der Waals surface area (Å²) in [6.45, 7) is 7.12. The molecule has 0 atom stereocenters. The molecular weight excluding hydrogens is 469 g/mol. The van der Waals surface area contributed by atoms with E-state index in [-0.39, 0.29) is 16.7 Å². The Labute approximate surface area is 198 Å². The zero-order chi connectivity index (χ0) is 25.0. The molecule has 0 bridgehead atoms. The fourth-order valence-electron chi connectivity index (χ4n) is 3.10. The van der Waals surface area contributed by atoms with Gasteiger partial charge in [-0.25, -0.2) is 9.98 Å². The van der Waals surface area contributed by atoms with Gasteiger partial charge in [-0.2, -0.15) is 13.2 Å². The number of aromatic nitrogens is 2. The van der Waals surface area contributed by atoms with Crippen molar-refractivity contribution in [2.24, 2.45) is 9.98 Å². The molecule has 176 valence electrons. The standard InChI is InChI=1S/C23H20ClF3N6O/c1-12-5-6-15(31-21(34)14-7-8-30-18(10-14)23(25,26)27)11-16(12)17-9-13(2)20(32-19(17)24)33-22(28-3)29-4/h5-11H,3H2,1-2,4H3,(H,31,34)(H,29,32,33). The summed E-state index contributed by atoms with van der Waals surface area (Å²) in [7, 11) is 1.56. The quantitative estimate of drug-likeness (QED) is 0.276. The second-order valence-electron chi connectivity index (χ2n) is 7.23. The first kappa shape index (κ1) is 24.8. The first-order chi connectivity index (χ1) is 16.0. The number of hydrogen-bond donors (Lipinski definition) is 2. The minimum absolute atomic E-state index is 0.167. The lowest BCUT2D eigenvalue weighted by Crippen LogP contribution is -2.15. The van der Waals surface area contributed by atoms with E-state index < -0.39 is 17.8 Å². The Kier molecular flexibility index (Phi) is 7.31. The average Bonchev–Trinajstić information content (AvgIpc) is 2.80. The highest BCUT2D eigenvalue weighted by Gasteiger charge is 2.33. The molecule has 0 radical (unpaired) electrons. The molecule has 3 aromatic rings. The van der Waals surface area contributed by atoms with E-state index in [0.717, 1.165) is 17.3 Å². The molecule has 7 nitrogen and oxygen atoms in total. The zero-order valence-corrected chi connectivity index (χ0v) is 19.2. The molecular formula is C23H20ClF3N6O. The van der Waals surface area contributed by atoms with Crippen LogP contribution < -0.4 is 10.6 Å². The first-order valence-corrected chi connectivity index (χ1v) is 10.2. The van der Waals surface area contributed by atoms with Gasteiger partial charge in [-0.15, -0.1) is 0 Å². The van der Waals surface area contributed by atoms with E-state index >= 15 is 0 Å². The summed E-state index contributed by atoms with van der Waals surface area (Å²) in [6.07, 6.45) is -3.71. The molecule has 34 heavy (non-hydrogen) atoms. The Morgan fingerprint density at radius 1 is 1.06 bits per heavy atom. The maximum Gasteiger partial charge on any atom is 0.433 e. The summed E-state index contributed by atoms with van der Waals surface area (Å²) in [5.41, 5.74) is 1.99. The van der Waals surface area contributed by atoms with Gasteiger partial charge in [0.05, 0.1) is 0 Å². The third-order valence-corrected chi connectivity index (χ3v) is 5.14. The molecule has 1 aromatic carbocycles. The van der Waals surface area contributed by atoms with Gasteiger partial charge in [-0.05, 0) is 67.6 Å². The van der Waals surface area contributed by atoms with Gasteiger partial charge in [-0.1, -0.05) is 17.7 Å². The number of nitrogens with one attached hydrogen (secondary N) is 2. The van der Waals surface area contributed by atoms with Crippen LogP contribution in [0.3, 0.4) is 0 Å². The van der Waals surface area contributed by atoms with Gasteiger partial charge in [0.25, 0.3) is 5.91 Å². The lowest BCUT2D eigenvalue weighted by molar-refractivity contribution is -0.141. The third kappa shape index (κ3) is 5.57. The van der Waals surface area contributed by atoms with Crippen molar-refractivity contribution in [2.75, 3.05) is 17.7 Å². The number of guanidine groups is 1. The van der Waals surface area contributed by atoms with Gasteiger partial charge in [0.1, 0.15) is 16.7 Å². The van der Waals surface area contributed by atoms with Crippen molar-refractivity contribution in [3.05, 3.63) is 70.1 Å². The molecule has 0 aliphatic carbocycles. The number of hydrogen-bond acceptors (Lipinski definition) is 4. The van der Waals surface area contributed by atoms with Gasteiger partial charge in [-0.3, -0.25) is 14.8 Å². The summed E-state index contributed by atoms with van der Waals surface area (Å²) >= 11 is 6.45. The SMILES string of the molecule is C=NC(=NC)Nc1nc(Cl)c(-c2cc(NC(=O)c3ccnc(C(F)(F)F)c3)ccc2C)cc1C. The van der Waals surface area contributed by atoms with Crippen LogP contribution in [0.5, 0.6) is 0 Å². The van der Waals surface area contributed by atoms with Gasteiger partial charge in [0, 0.05) is 30.1 Å². The maximum absolute atomic E-state index is 12.9. The molecule has 0 unspecified atom stereocenters. The zero-order valence-electron chi connectivity index (χ0n) is 18.5. The second-order valence-corrected chi connectivity index (χ2v) is 7.59. The smallest absolute Gasteiger partial charge is 0.322 e. The van der Waals surface area contributed by atoms with Gasteiger partial charge in [0.15, 0.2) is 0 Å². The van der Waals surface area contributed by atoms with Gasteiger partial charge in [0.2, 0.25) is 5.96 Å². The summed E-state index contributed by atoms with van der Waals surface area (Å²) in [5, 5.41) is 5.75. The first-order valence-electron chi connectivity index (χ1n) is 9.86. The fraction of sp³-hybridized carbons (Fsp3) is 0.174. The van der Waals surface area contributed by atoms with E-state index in [9.17, 15) is 18.0 Å². The Balaban J connectivity index is 1.92. The summed E-state index contributed by atoms with van der Waals surface area (Å²) in [5.74, 6) is 0.0399. The van der Waals surface area contributed by atoms with E-state index in [0.29, 0.717) is 28.7 Å². The summed E-state index contributed by atoms with van der Waals surface area (Å²) < 4.78 is 38.8. The molecule has 0 spiro atoms. The predicted molar refractivity (Wildman–Crippen MR) is 128 cm³/mol. The maximum atomic E-state index is 12.9. The van der Waals surface area contributed by atoms with Crippen molar-refractivity contribution in [1.29, 1.82) is 0 Å². The van der Waals surface area contributed by atoms with Crippen LogP contribution in [-0.4, -0.2) is 35.6 Å². The number of aliphatic imine (C=N–C) groups is 2. The number of benzene rings is 1. The number of alkyl halides is 3. The lowest BCUT2D eigenvalue weighted by atomic mass is 10.00. The van der Waals surface area contributed by atoms with Crippen LogP contribution in [0.15, 0.2) is 52.6 Å². The monoisotopic (exact) mass is 488 g/mol. The third-order valence-electron chi connectivity index (χ3n) is 4.86. The number of aryl methyl sites for hydroxylation is 2. The van der Waals surface area contributed by atoms with Crippen LogP contribution in [0.1, 0.15) is 27.2 Å². The Bertz CT molecular complexity index is 1290. The number of carbonyl (C=O) groups excluding carboxylic acids is 1. The largest absolute Gasteiger partial charge is 0.433 e. The van der Waals surface area contributed by atoms with Crippen molar-refractivity contribution in [1.82, 2.24) is 9.97 Å². The van der Waals surface area contributed by atoms with E-state index in [1.165, 1.54) is 6.07 Å². The molecule has 0 aliphatic heterocycles. The molecule has 2 heterocycles. The highest BCUT2D eigenvalue weighted by Crippen LogP contribution is 2.34. The Morgan fingerprint density at radius 3 is 2.44 bits per heavy atom. The van der Waals surface area contributed by atoms with Gasteiger partial charge < -0.3 is 10.6 Å². The van der Waals surface area contributed by atoms with E-state index in [1.807, 2.05) is 19.9 Å². The molecule has 11 heteroatoms. The number of halogens is 4. The average molecular weight is 489 g/mol. The van der Waals surface area contributed by atoms with Crippen LogP contribution in [-0.2, 0) is 6.18 Å². The van der Waals surface area contributed by atoms with Crippen LogP contribution >= 0.6 is 11.6 Å². The fourth-order valence-corrected chi connectivity index (χ4v) is 3.34. The van der Waals surface area contributed by atoms with Crippen LogP contribution in [0, 0.1) is 13.8 Å². The number of amides is 1. The van der Waals surface area contributed by atoms with Crippen LogP contribution in [0.25, 0.3) is 11.1 Å². The normalized spacial score (nSPS) is 11.8. The van der Waals surface area contributed by atoms with Crippen LogP contribution in [0.2, 0.25) is 5.15 Å². The molecule has 0 saturated heterocycles. The molecule has 3 rings (SSSR count). The number of nitrogens with zero attached hydrogens (tertiary/aromatic N) is 4. The molecule has 1 amide bonds. The van der Waals surface area contributed by atoms with Crippen molar-refractivity contribution in [2.45, 2.75) is 20.0 Å². The van der Waals surface area contributed by atoms with Crippen molar-refractivity contribution in [3.63, 3.8) is 0 Å². The molecule has 0 aliphatic rings. The highest BCUT2D eigenvalue weighted by atomic mass is 35.5. The molecule has 2 aromatic heterocycles. The number of rotatable bonds is 4. The summed E-state index contributed by atoms with van der Waals surface area (Å²) in [4.78, 5) is 27.9. The van der Waals surface area contributed by atoms with Crippen LogP contribution in [0.4, 0.5) is 24.7 Å². The topological polar surface area (TPSA) is 91.6 Å². The van der Waals surface area contributed by atoms with Gasteiger partial charge >= 0.3 is 6.18 Å². The number of pyridine rings is 2. The second kappa shape index (κ2) is 10.0. The van der Waals surface area contributed by atoms with Crippen molar-refractivity contribution >= 4 is 41.7 Å².